The minimum Gasteiger partial charge on any atom is -0.457 e. The molecule has 116 valence electrons. The number of benzene rings is 1. The minimum atomic E-state index is -0.498. The Morgan fingerprint density at radius 2 is 2.09 bits per heavy atom. The van der Waals surface area contributed by atoms with E-state index in [0.29, 0.717) is 26.4 Å². The van der Waals surface area contributed by atoms with E-state index in [-0.39, 0.29) is 10.7 Å². The molecule has 0 amide bonds. The van der Waals surface area contributed by atoms with Gasteiger partial charge in [0.15, 0.2) is 0 Å². The van der Waals surface area contributed by atoms with Gasteiger partial charge in [-0.2, -0.15) is 0 Å². The highest BCUT2D eigenvalue weighted by Gasteiger charge is 2.19. The largest absolute Gasteiger partial charge is 0.457 e. The number of thioether (sulfide) groups is 1. The first-order valence-electron chi connectivity index (χ1n) is 6.23. The van der Waals surface area contributed by atoms with Gasteiger partial charge in [0.25, 0.3) is 5.69 Å². The highest BCUT2D eigenvalue weighted by atomic mass is 35.5. The van der Waals surface area contributed by atoms with Crippen molar-refractivity contribution in [2.45, 2.75) is 0 Å². The number of nitrogens with zero attached hydrogens (tertiary/aromatic N) is 1. The zero-order valence-electron chi connectivity index (χ0n) is 11.2. The van der Waals surface area contributed by atoms with Crippen molar-refractivity contribution in [2.24, 2.45) is 0 Å². The number of nitro groups is 1. The number of non-ortho nitro benzene ring substituents is 1. The normalized spacial score (nSPS) is 16.0. The predicted octanol–water partition coefficient (Wildman–Crippen LogP) is 4.80. The van der Waals surface area contributed by atoms with Crippen LogP contribution in [0.1, 0.15) is 5.76 Å². The molecule has 1 aromatic heterocycles. The fourth-order valence-electron chi connectivity index (χ4n) is 1.94. The van der Waals surface area contributed by atoms with Gasteiger partial charge in [-0.25, -0.2) is 0 Å². The standard InChI is InChI=1S/C14H7ClN2O3S3/c15-10-5-7(17(18)19)1-3-9(10)11-4-2-8(20-11)6-12-13(21)16-14(22)23-12/h1-6H,(H,16,21,22)/b12-6+. The smallest absolute Gasteiger partial charge is 0.270 e. The monoisotopic (exact) mass is 382 g/mol. The van der Waals surface area contributed by atoms with Crippen LogP contribution in [0.5, 0.6) is 0 Å². The Labute approximate surface area is 150 Å². The van der Waals surface area contributed by atoms with E-state index >= 15 is 0 Å². The Morgan fingerprint density at radius 1 is 1.30 bits per heavy atom. The molecule has 3 rings (SSSR count). The maximum atomic E-state index is 10.7. The van der Waals surface area contributed by atoms with Crippen molar-refractivity contribution < 1.29 is 9.34 Å². The summed E-state index contributed by atoms with van der Waals surface area (Å²) in [7, 11) is 0. The van der Waals surface area contributed by atoms with Crippen LogP contribution < -0.4 is 5.32 Å². The number of nitro benzene ring substituents is 1. The molecule has 0 atom stereocenters. The molecule has 2 aromatic rings. The summed E-state index contributed by atoms with van der Waals surface area (Å²) in [5.41, 5.74) is 0.511. The molecule has 1 N–H and O–H groups in total. The van der Waals surface area contributed by atoms with Gasteiger partial charge < -0.3 is 9.73 Å². The Hall–Kier alpha value is -1.74. The summed E-state index contributed by atoms with van der Waals surface area (Å²) in [6, 6.07) is 7.74. The van der Waals surface area contributed by atoms with E-state index in [2.05, 4.69) is 5.32 Å². The topological polar surface area (TPSA) is 68.3 Å². The minimum absolute atomic E-state index is 0.0695. The van der Waals surface area contributed by atoms with E-state index in [0.717, 1.165) is 4.91 Å². The van der Waals surface area contributed by atoms with Crippen LogP contribution in [0.3, 0.4) is 0 Å². The van der Waals surface area contributed by atoms with E-state index in [4.69, 9.17) is 40.5 Å². The molecule has 23 heavy (non-hydrogen) atoms. The number of halogens is 1. The van der Waals surface area contributed by atoms with E-state index in [1.165, 1.54) is 23.9 Å². The summed E-state index contributed by atoms with van der Waals surface area (Å²) in [5.74, 6) is 1.10. The molecule has 0 unspecified atom stereocenters. The third-order valence-corrected chi connectivity index (χ3v) is 4.92. The SMILES string of the molecule is O=[N+]([O-])c1ccc(-c2ccc(/C=C3/SC(=S)NC3=S)o2)c(Cl)c1. The maximum Gasteiger partial charge on any atom is 0.270 e. The van der Waals surface area contributed by atoms with Crippen molar-refractivity contribution in [2.75, 3.05) is 0 Å². The Balaban J connectivity index is 1.91. The van der Waals surface area contributed by atoms with Crippen LogP contribution in [0, 0.1) is 10.1 Å². The summed E-state index contributed by atoms with van der Waals surface area (Å²) in [6.07, 6.45) is 1.78. The second-order valence-corrected chi connectivity index (χ2v) is 7.01. The lowest BCUT2D eigenvalue weighted by Gasteiger charge is -2.00. The fraction of sp³-hybridized carbons (Fsp3) is 0. The van der Waals surface area contributed by atoms with Crippen molar-refractivity contribution in [3.63, 3.8) is 0 Å². The molecule has 0 aliphatic carbocycles. The molecule has 2 heterocycles. The molecule has 0 bridgehead atoms. The van der Waals surface area contributed by atoms with Gasteiger partial charge in [-0.15, -0.1) is 0 Å². The fourth-order valence-corrected chi connectivity index (χ4v) is 3.67. The van der Waals surface area contributed by atoms with Crippen molar-refractivity contribution in [3.8, 4) is 11.3 Å². The molecular formula is C14H7ClN2O3S3. The van der Waals surface area contributed by atoms with E-state index < -0.39 is 4.92 Å². The molecule has 0 radical (unpaired) electrons. The van der Waals surface area contributed by atoms with E-state index in [9.17, 15) is 10.1 Å². The van der Waals surface area contributed by atoms with Crippen LogP contribution in [0.4, 0.5) is 5.69 Å². The molecule has 9 heteroatoms. The van der Waals surface area contributed by atoms with Gasteiger partial charge in [0.2, 0.25) is 0 Å². The number of furan rings is 1. The van der Waals surface area contributed by atoms with E-state index in [1.807, 2.05) is 0 Å². The van der Waals surface area contributed by atoms with Crippen LogP contribution in [0.15, 0.2) is 39.7 Å². The van der Waals surface area contributed by atoms with Crippen molar-refractivity contribution >= 4 is 68.9 Å². The zero-order chi connectivity index (χ0) is 16.6. The highest BCUT2D eigenvalue weighted by molar-refractivity contribution is 8.27. The van der Waals surface area contributed by atoms with Gasteiger partial charge in [0.1, 0.15) is 20.8 Å². The number of hydrogen-bond donors (Lipinski definition) is 1. The first kappa shape index (κ1) is 16.1. The first-order valence-corrected chi connectivity index (χ1v) is 8.24. The van der Waals surface area contributed by atoms with Crippen molar-refractivity contribution in [3.05, 3.63) is 56.1 Å². The maximum absolute atomic E-state index is 10.7. The van der Waals surface area contributed by atoms with Gasteiger partial charge in [-0.3, -0.25) is 10.1 Å². The third-order valence-electron chi connectivity index (χ3n) is 2.97. The molecule has 1 aromatic carbocycles. The van der Waals surface area contributed by atoms with Crippen LogP contribution in [0.2, 0.25) is 5.02 Å². The van der Waals surface area contributed by atoms with E-state index in [1.54, 1.807) is 24.3 Å². The van der Waals surface area contributed by atoms with Gasteiger partial charge in [0, 0.05) is 17.7 Å². The number of thiocarbonyl (C=S) groups is 2. The molecule has 0 spiro atoms. The highest BCUT2D eigenvalue weighted by Crippen LogP contribution is 2.34. The van der Waals surface area contributed by atoms with Crippen LogP contribution in [-0.4, -0.2) is 14.2 Å². The summed E-state index contributed by atoms with van der Waals surface area (Å²) in [4.78, 5) is 11.6. The molecule has 0 saturated carbocycles. The summed E-state index contributed by atoms with van der Waals surface area (Å²) >= 11 is 17.7. The summed E-state index contributed by atoms with van der Waals surface area (Å²) in [6.45, 7) is 0. The van der Waals surface area contributed by atoms with Gasteiger partial charge in [-0.05, 0) is 24.3 Å². The number of nitrogens with one attached hydrogen (secondary N) is 1. The van der Waals surface area contributed by atoms with Crippen molar-refractivity contribution in [1.29, 1.82) is 0 Å². The number of hydrogen-bond acceptors (Lipinski definition) is 6. The molecule has 1 saturated heterocycles. The lowest BCUT2D eigenvalue weighted by molar-refractivity contribution is -0.384. The second-order valence-electron chi connectivity index (χ2n) is 4.48. The lowest BCUT2D eigenvalue weighted by Crippen LogP contribution is -2.15. The Morgan fingerprint density at radius 3 is 2.70 bits per heavy atom. The lowest BCUT2D eigenvalue weighted by atomic mass is 10.1. The third kappa shape index (κ3) is 3.45. The molecule has 1 aliphatic heterocycles. The molecule has 1 fully saturated rings. The summed E-state index contributed by atoms with van der Waals surface area (Å²) in [5, 5.41) is 13.9. The zero-order valence-corrected chi connectivity index (χ0v) is 14.4. The first-order chi connectivity index (χ1) is 10.9. The quantitative estimate of drug-likeness (QED) is 0.354. The van der Waals surface area contributed by atoms with Gasteiger partial charge >= 0.3 is 0 Å². The molecule has 5 nitrogen and oxygen atoms in total. The van der Waals surface area contributed by atoms with Crippen molar-refractivity contribution in [1.82, 2.24) is 5.32 Å². The average molecular weight is 383 g/mol. The summed E-state index contributed by atoms with van der Waals surface area (Å²) < 4.78 is 6.32. The number of rotatable bonds is 3. The average Bonchev–Trinajstić information content (AvgIpc) is 3.06. The second kappa shape index (κ2) is 6.40. The van der Waals surface area contributed by atoms with Crippen LogP contribution in [0.25, 0.3) is 17.4 Å². The predicted molar refractivity (Wildman–Crippen MR) is 99.7 cm³/mol. The molecule has 1 aliphatic rings. The Kier molecular flexibility index (Phi) is 4.49. The van der Waals surface area contributed by atoms with Gasteiger partial charge in [-0.1, -0.05) is 47.8 Å². The van der Waals surface area contributed by atoms with Gasteiger partial charge in [0.05, 0.1) is 14.9 Å². The molecular weight excluding hydrogens is 376 g/mol. The van der Waals surface area contributed by atoms with Crippen LogP contribution >= 0.6 is 47.8 Å². The van der Waals surface area contributed by atoms with Crippen LogP contribution in [-0.2, 0) is 0 Å². The Bertz CT molecular complexity index is 876.